The van der Waals surface area contributed by atoms with Gasteiger partial charge in [0.2, 0.25) is 10.0 Å². The third-order valence-electron chi connectivity index (χ3n) is 7.31. The monoisotopic (exact) mass is 609 g/mol. The number of ether oxygens (including phenoxy) is 1. The Bertz CT molecular complexity index is 1670. The number of nitrogens with two attached hydrogens (primary N) is 2. The van der Waals surface area contributed by atoms with Crippen molar-refractivity contribution >= 4 is 38.7 Å². The van der Waals surface area contributed by atoms with Gasteiger partial charge in [-0.2, -0.15) is 0 Å². The van der Waals surface area contributed by atoms with Crippen LogP contribution in [0.3, 0.4) is 0 Å². The molecule has 1 amide bonds. The van der Waals surface area contributed by atoms with Crippen LogP contribution in [0.5, 0.6) is 5.75 Å². The first-order valence-corrected chi connectivity index (χ1v) is 16.1. The Labute approximate surface area is 254 Å². The van der Waals surface area contributed by atoms with Gasteiger partial charge in [0.15, 0.2) is 5.75 Å². The predicted molar refractivity (Wildman–Crippen MR) is 173 cm³/mol. The van der Waals surface area contributed by atoms with E-state index in [-0.39, 0.29) is 22.9 Å². The molecule has 1 heterocycles. The molecule has 11 nitrogen and oxygen atoms in total. The number of nitrogens with one attached hydrogen (secondary N) is 2. The summed E-state index contributed by atoms with van der Waals surface area (Å²) in [4.78, 5) is 18.2. The van der Waals surface area contributed by atoms with Gasteiger partial charge in [0.25, 0.3) is 5.91 Å². The van der Waals surface area contributed by atoms with Crippen LogP contribution in [0.15, 0.2) is 42.7 Å². The number of aryl methyl sites for hydroxylation is 1. The first-order chi connectivity index (χ1) is 20.0. The van der Waals surface area contributed by atoms with Crippen molar-refractivity contribution in [2.24, 2.45) is 11.6 Å². The van der Waals surface area contributed by atoms with Crippen molar-refractivity contribution < 1.29 is 17.9 Å². The lowest BCUT2D eigenvalue weighted by Crippen LogP contribution is -2.27. The Morgan fingerprint density at radius 1 is 1.19 bits per heavy atom. The Hall–Kier alpha value is -4.03. The first-order valence-electron chi connectivity index (χ1n) is 14.2. The van der Waals surface area contributed by atoms with Crippen molar-refractivity contribution in [1.82, 2.24) is 9.55 Å². The fraction of sp³-hybridized carbons (Fsp3) is 0.419. The molecular formula is C31H43N7O4S. The molecule has 3 aromatic rings. The van der Waals surface area contributed by atoms with Crippen molar-refractivity contribution in [1.29, 1.82) is 0 Å². The molecule has 1 aliphatic rings. The molecule has 0 saturated heterocycles. The third-order valence-corrected chi connectivity index (χ3v) is 7.90. The van der Waals surface area contributed by atoms with Crippen LogP contribution in [0.25, 0.3) is 5.70 Å². The average Bonchev–Trinajstić information content (AvgIpc) is 3.64. The van der Waals surface area contributed by atoms with Crippen LogP contribution in [0.4, 0.5) is 17.1 Å². The highest BCUT2D eigenvalue weighted by molar-refractivity contribution is 7.92. The number of hydrazine groups is 1. The molecule has 0 spiro atoms. The second kappa shape index (κ2) is 11.9. The summed E-state index contributed by atoms with van der Waals surface area (Å²) in [7, 11) is -2.19. The van der Waals surface area contributed by atoms with Crippen LogP contribution in [-0.2, 0) is 15.4 Å². The Kier molecular flexibility index (Phi) is 8.85. The zero-order valence-electron chi connectivity index (χ0n) is 26.1. The highest BCUT2D eigenvalue weighted by atomic mass is 32.2. The summed E-state index contributed by atoms with van der Waals surface area (Å²) in [6, 6.07) is 8.85. The van der Waals surface area contributed by atoms with E-state index in [1.54, 1.807) is 42.7 Å². The van der Waals surface area contributed by atoms with Crippen molar-refractivity contribution in [3.05, 3.63) is 70.9 Å². The van der Waals surface area contributed by atoms with E-state index < -0.39 is 15.9 Å². The number of amides is 1. The molecule has 0 unspecified atom stereocenters. The predicted octanol–water partition coefficient (Wildman–Crippen LogP) is 5.22. The maximum atomic E-state index is 13.5. The number of methoxy groups -OCH3 is 1. The van der Waals surface area contributed by atoms with Gasteiger partial charge in [-0.1, -0.05) is 26.8 Å². The fourth-order valence-electron chi connectivity index (χ4n) is 4.93. The minimum absolute atomic E-state index is 0.182. The van der Waals surface area contributed by atoms with Gasteiger partial charge >= 0.3 is 0 Å². The van der Waals surface area contributed by atoms with Gasteiger partial charge in [-0.3, -0.25) is 14.5 Å². The van der Waals surface area contributed by atoms with E-state index in [1.165, 1.54) is 12.1 Å². The number of sulfonamides is 1. The van der Waals surface area contributed by atoms with Gasteiger partial charge in [0.05, 0.1) is 48.0 Å². The lowest BCUT2D eigenvalue weighted by Gasteiger charge is -2.24. The summed E-state index contributed by atoms with van der Waals surface area (Å²) in [6.07, 6.45) is 6.74. The number of hydrogen-bond donors (Lipinski definition) is 4. The van der Waals surface area contributed by atoms with E-state index in [9.17, 15) is 13.2 Å². The molecule has 0 aliphatic heterocycles. The van der Waals surface area contributed by atoms with Crippen LogP contribution in [0.1, 0.15) is 92.4 Å². The number of aromatic nitrogens is 2. The summed E-state index contributed by atoms with van der Waals surface area (Å²) in [5, 5.41) is 4.31. The maximum absolute atomic E-state index is 13.5. The SMILES string of the molecule is COc1c(NC(=O)c2ccc(C)c(N(N)/C=C(\N)c3cnc(C4CC4)n3C(C)C)c2)cc(C(C)(C)C)cc1NS(C)(=O)=O. The van der Waals surface area contributed by atoms with E-state index in [1.807, 2.05) is 27.7 Å². The van der Waals surface area contributed by atoms with E-state index >= 15 is 0 Å². The molecule has 232 valence electrons. The van der Waals surface area contributed by atoms with E-state index in [0.717, 1.165) is 41.7 Å². The second-order valence-corrected chi connectivity index (χ2v) is 14.2. The molecule has 12 heteroatoms. The topological polar surface area (TPSA) is 158 Å². The summed E-state index contributed by atoms with van der Waals surface area (Å²) in [5.74, 6) is 7.77. The van der Waals surface area contributed by atoms with E-state index in [4.69, 9.17) is 16.3 Å². The standard InChI is InChI=1S/C31H43N7O4S/c1-18(2)38-27(16-34-29(38)20-11-12-20)23(32)17-37(33)26-13-21(10-9-19(26)3)30(39)35-24-14-22(31(4,5)6)15-25(28(24)42-7)36-43(8,40)41/h9-10,13-18,20,36H,11-12,32-33H2,1-8H3,(H,35,39)/b23-17-. The maximum Gasteiger partial charge on any atom is 0.255 e. The molecular weight excluding hydrogens is 566 g/mol. The van der Waals surface area contributed by atoms with Gasteiger partial charge in [-0.15, -0.1) is 0 Å². The molecule has 1 fully saturated rings. The van der Waals surface area contributed by atoms with E-state index in [2.05, 4.69) is 33.4 Å². The number of carbonyl (C=O) groups excluding carboxylic acids is 1. The van der Waals surface area contributed by atoms with Crippen molar-refractivity contribution in [2.45, 2.75) is 71.8 Å². The van der Waals surface area contributed by atoms with Crippen LogP contribution in [0, 0.1) is 6.92 Å². The van der Waals surface area contributed by atoms with Crippen LogP contribution < -0.4 is 31.4 Å². The minimum atomic E-state index is -3.61. The molecule has 1 aliphatic carbocycles. The van der Waals surface area contributed by atoms with Gasteiger partial charge in [0.1, 0.15) is 5.82 Å². The van der Waals surface area contributed by atoms with Crippen LogP contribution >= 0.6 is 0 Å². The number of imidazole rings is 1. The number of rotatable bonds is 10. The Balaban J connectivity index is 1.66. The second-order valence-electron chi connectivity index (χ2n) is 12.4. The fourth-order valence-corrected chi connectivity index (χ4v) is 5.49. The largest absolute Gasteiger partial charge is 0.492 e. The number of benzene rings is 2. The zero-order valence-corrected chi connectivity index (χ0v) is 27.0. The lowest BCUT2D eigenvalue weighted by molar-refractivity contribution is 0.102. The van der Waals surface area contributed by atoms with Crippen molar-refractivity contribution in [3.63, 3.8) is 0 Å². The van der Waals surface area contributed by atoms with Gasteiger partial charge in [-0.25, -0.2) is 19.2 Å². The van der Waals surface area contributed by atoms with Crippen LogP contribution in [0.2, 0.25) is 0 Å². The summed E-state index contributed by atoms with van der Waals surface area (Å²) in [5.41, 5.74) is 10.6. The number of nitrogens with zero attached hydrogens (tertiary/aromatic N) is 3. The summed E-state index contributed by atoms with van der Waals surface area (Å²) >= 11 is 0. The number of anilines is 3. The normalized spacial score (nSPS) is 14.1. The highest BCUT2D eigenvalue weighted by Gasteiger charge is 2.30. The Morgan fingerprint density at radius 3 is 2.40 bits per heavy atom. The first kappa shape index (κ1) is 31.9. The summed E-state index contributed by atoms with van der Waals surface area (Å²) in [6.45, 7) is 12.1. The molecule has 43 heavy (non-hydrogen) atoms. The van der Waals surface area contributed by atoms with E-state index in [0.29, 0.717) is 28.6 Å². The minimum Gasteiger partial charge on any atom is -0.492 e. The molecule has 4 rings (SSSR count). The molecule has 0 atom stereocenters. The molecule has 1 aromatic heterocycles. The smallest absolute Gasteiger partial charge is 0.255 e. The van der Waals surface area contributed by atoms with Crippen LogP contribution in [-0.4, -0.2) is 37.2 Å². The van der Waals surface area contributed by atoms with Crippen molar-refractivity contribution in [3.8, 4) is 5.75 Å². The molecule has 0 bridgehead atoms. The van der Waals surface area contributed by atoms with Crippen molar-refractivity contribution in [2.75, 3.05) is 28.4 Å². The average molecular weight is 610 g/mol. The number of hydrogen-bond acceptors (Lipinski definition) is 8. The summed E-state index contributed by atoms with van der Waals surface area (Å²) < 4.78 is 34.4. The van der Waals surface area contributed by atoms with Gasteiger partial charge in [-0.05, 0) is 74.4 Å². The molecule has 1 saturated carbocycles. The quantitative estimate of drug-likeness (QED) is 0.180. The van der Waals surface area contributed by atoms with Gasteiger partial charge < -0.3 is 20.4 Å². The number of carbonyl (C=O) groups is 1. The molecule has 2 aromatic carbocycles. The van der Waals surface area contributed by atoms with Gasteiger partial charge in [0, 0.05) is 23.7 Å². The molecule has 0 radical (unpaired) electrons. The Morgan fingerprint density at radius 2 is 1.84 bits per heavy atom. The zero-order chi connectivity index (χ0) is 31.9. The highest BCUT2D eigenvalue weighted by Crippen LogP contribution is 2.41. The third kappa shape index (κ3) is 7.31. The lowest BCUT2D eigenvalue weighted by atomic mass is 9.86. The molecule has 6 N–H and O–H groups in total.